The van der Waals surface area contributed by atoms with E-state index in [0.717, 1.165) is 25.7 Å². The SMILES string of the molecule is O=S([O-])CCCCCc1ccccc1. The van der Waals surface area contributed by atoms with Crippen molar-refractivity contribution in [2.75, 3.05) is 5.75 Å². The molecule has 0 radical (unpaired) electrons. The molecule has 2 nitrogen and oxygen atoms in total. The van der Waals surface area contributed by atoms with Crippen molar-refractivity contribution in [1.82, 2.24) is 0 Å². The molecule has 3 heteroatoms. The highest BCUT2D eigenvalue weighted by Gasteiger charge is 1.92. The van der Waals surface area contributed by atoms with Gasteiger partial charge >= 0.3 is 0 Å². The van der Waals surface area contributed by atoms with Crippen molar-refractivity contribution < 1.29 is 8.76 Å². The van der Waals surface area contributed by atoms with E-state index in [4.69, 9.17) is 0 Å². The topological polar surface area (TPSA) is 40.1 Å². The van der Waals surface area contributed by atoms with Crippen molar-refractivity contribution >= 4 is 11.1 Å². The van der Waals surface area contributed by atoms with Gasteiger partial charge in [-0.15, -0.1) is 0 Å². The van der Waals surface area contributed by atoms with Gasteiger partial charge in [0.25, 0.3) is 0 Å². The van der Waals surface area contributed by atoms with E-state index >= 15 is 0 Å². The third-order valence-electron chi connectivity index (χ3n) is 2.12. The van der Waals surface area contributed by atoms with Crippen LogP contribution in [-0.4, -0.2) is 14.5 Å². The molecule has 0 bridgehead atoms. The summed E-state index contributed by atoms with van der Waals surface area (Å²) in [6.07, 6.45) is 3.89. The highest BCUT2D eigenvalue weighted by Crippen LogP contribution is 2.06. The average Bonchev–Trinajstić information content (AvgIpc) is 2.18. The van der Waals surface area contributed by atoms with Crippen LogP contribution in [0.5, 0.6) is 0 Å². The van der Waals surface area contributed by atoms with Gasteiger partial charge in [-0.1, -0.05) is 47.8 Å². The summed E-state index contributed by atoms with van der Waals surface area (Å²) in [6, 6.07) is 10.3. The standard InChI is InChI=1S/C11H16O2S/c12-14(13)10-6-2-5-9-11-7-3-1-4-8-11/h1,3-4,7-8H,2,5-6,9-10H2,(H,12,13)/p-1. The quantitative estimate of drug-likeness (QED) is 0.535. The third-order valence-corrected chi connectivity index (χ3v) is 2.74. The average molecular weight is 211 g/mol. The fraction of sp³-hybridized carbons (Fsp3) is 0.455. The van der Waals surface area contributed by atoms with Gasteiger partial charge in [0.05, 0.1) is 0 Å². The molecule has 0 saturated carbocycles. The molecule has 1 aromatic carbocycles. The molecule has 0 aliphatic rings. The predicted molar refractivity (Wildman–Crippen MR) is 57.8 cm³/mol. The molecule has 1 rings (SSSR count). The molecule has 0 saturated heterocycles. The zero-order valence-electron chi connectivity index (χ0n) is 8.15. The fourth-order valence-corrected chi connectivity index (χ4v) is 1.81. The van der Waals surface area contributed by atoms with E-state index in [2.05, 4.69) is 12.1 Å². The second-order valence-electron chi connectivity index (χ2n) is 3.30. The van der Waals surface area contributed by atoms with Gasteiger partial charge in [-0.05, 0) is 24.8 Å². The lowest BCUT2D eigenvalue weighted by Gasteiger charge is -2.04. The number of aryl methyl sites for hydroxylation is 1. The summed E-state index contributed by atoms with van der Waals surface area (Å²) in [5.74, 6) is 0.300. The molecule has 14 heavy (non-hydrogen) atoms. The van der Waals surface area contributed by atoms with Gasteiger partial charge in [0, 0.05) is 5.75 Å². The van der Waals surface area contributed by atoms with Crippen LogP contribution in [0.3, 0.4) is 0 Å². The van der Waals surface area contributed by atoms with Gasteiger partial charge in [-0.25, -0.2) is 0 Å². The second-order valence-corrected chi connectivity index (χ2v) is 4.32. The molecule has 1 atom stereocenters. The van der Waals surface area contributed by atoms with Gasteiger partial charge in [0.2, 0.25) is 0 Å². The molecule has 1 aromatic rings. The first kappa shape index (κ1) is 11.4. The zero-order valence-corrected chi connectivity index (χ0v) is 8.96. The van der Waals surface area contributed by atoms with Gasteiger partial charge in [-0.3, -0.25) is 4.21 Å². The van der Waals surface area contributed by atoms with Crippen molar-refractivity contribution in [2.45, 2.75) is 25.7 Å². The summed E-state index contributed by atoms with van der Waals surface area (Å²) >= 11 is -1.86. The van der Waals surface area contributed by atoms with E-state index in [1.807, 2.05) is 18.2 Å². The summed E-state index contributed by atoms with van der Waals surface area (Å²) in [6.45, 7) is 0. The maximum absolute atomic E-state index is 10.2. The van der Waals surface area contributed by atoms with E-state index in [9.17, 15) is 8.76 Å². The first-order valence-corrected chi connectivity index (χ1v) is 6.13. The molecule has 0 aliphatic carbocycles. The number of unbranched alkanes of at least 4 members (excludes halogenated alkanes) is 2. The molecule has 0 fully saturated rings. The fourth-order valence-electron chi connectivity index (χ4n) is 1.37. The lowest BCUT2D eigenvalue weighted by atomic mass is 10.1. The lowest BCUT2D eigenvalue weighted by Crippen LogP contribution is -1.95. The van der Waals surface area contributed by atoms with E-state index in [1.165, 1.54) is 5.56 Å². The monoisotopic (exact) mass is 211 g/mol. The Morgan fingerprint density at radius 2 is 1.79 bits per heavy atom. The number of benzene rings is 1. The summed E-state index contributed by atoms with van der Waals surface area (Å²) in [4.78, 5) is 0. The minimum atomic E-state index is -1.86. The molecule has 0 N–H and O–H groups in total. The Labute approximate surface area is 87.6 Å². The molecule has 1 unspecified atom stereocenters. The lowest BCUT2D eigenvalue weighted by molar-refractivity contribution is 0.532. The largest absolute Gasteiger partial charge is 0.772 e. The van der Waals surface area contributed by atoms with Crippen molar-refractivity contribution in [3.05, 3.63) is 35.9 Å². The number of hydrogen-bond donors (Lipinski definition) is 0. The van der Waals surface area contributed by atoms with Gasteiger partial charge in [0.15, 0.2) is 0 Å². The Morgan fingerprint density at radius 1 is 1.07 bits per heavy atom. The number of rotatable bonds is 6. The molecule has 0 amide bonds. The molecule has 0 spiro atoms. The summed E-state index contributed by atoms with van der Waals surface area (Å²) in [5, 5.41) is 0. The van der Waals surface area contributed by atoms with Crippen LogP contribution in [0.1, 0.15) is 24.8 Å². The molecular weight excluding hydrogens is 196 g/mol. The Morgan fingerprint density at radius 3 is 2.43 bits per heavy atom. The van der Waals surface area contributed by atoms with Gasteiger partial charge in [-0.2, -0.15) is 0 Å². The minimum Gasteiger partial charge on any atom is -0.772 e. The Bertz CT molecular complexity index is 272. The van der Waals surface area contributed by atoms with Crippen LogP contribution in [0.15, 0.2) is 30.3 Å². The smallest absolute Gasteiger partial charge is 0.0102 e. The predicted octanol–water partition coefficient (Wildman–Crippen LogP) is 2.28. The molecule has 78 valence electrons. The second kappa shape index (κ2) is 6.74. The Balaban J connectivity index is 2.08. The summed E-state index contributed by atoms with van der Waals surface area (Å²) in [5.41, 5.74) is 1.33. The van der Waals surface area contributed by atoms with E-state index < -0.39 is 11.1 Å². The molecule has 0 aliphatic heterocycles. The van der Waals surface area contributed by atoms with Crippen LogP contribution < -0.4 is 0 Å². The van der Waals surface area contributed by atoms with Crippen LogP contribution in [0.4, 0.5) is 0 Å². The van der Waals surface area contributed by atoms with Crippen LogP contribution in [0.2, 0.25) is 0 Å². The minimum absolute atomic E-state index is 0.300. The van der Waals surface area contributed by atoms with Crippen LogP contribution >= 0.6 is 0 Å². The summed E-state index contributed by atoms with van der Waals surface area (Å²) in [7, 11) is 0. The van der Waals surface area contributed by atoms with Gasteiger partial charge < -0.3 is 4.55 Å². The number of hydrogen-bond acceptors (Lipinski definition) is 2. The highest BCUT2D eigenvalue weighted by atomic mass is 32.2. The maximum atomic E-state index is 10.2. The van der Waals surface area contributed by atoms with Crippen molar-refractivity contribution in [2.24, 2.45) is 0 Å². The Hall–Kier alpha value is -0.670. The van der Waals surface area contributed by atoms with E-state index in [-0.39, 0.29) is 0 Å². The van der Waals surface area contributed by atoms with Crippen LogP contribution in [0.25, 0.3) is 0 Å². The highest BCUT2D eigenvalue weighted by molar-refractivity contribution is 7.79. The van der Waals surface area contributed by atoms with Gasteiger partial charge in [0.1, 0.15) is 0 Å². The normalized spacial score (nSPS) is 12.6. The maximum Gasteiger partial charge on any atom is 0.0102 e. The van der Waals surface area contributed by atoms with E-state index in [1.54, 1.807) is 0 Å². The van der Waals surface area contributed by atoms with E-state index in [0.29, 0.717) is 5.75 Å². The molecular formula is C11H15O2S-. The first-order chi connectivity index (χ1) is 6.79. The zero-order chi connectivity index (χ0) is 10.2. The van der Waals surface area contributed by atoms with Crippen LogP contribution in [0, 0.1) is 0 Å². The van der Waals surface area contributed by atoms with Crippen LogP contribution in [-0.2, 0) is 17.5 Å². The Kier molecular flexibility index (Phi) is 5.49. The molecule has 0 aromatic heterocycles. The summed E-state index contributed by atoms with van der Waals surface area (Å²) < 4.78 is 20.5. The van der Waals surface area contributed by atoms with Crippen molar-refractivity contribution in [1.29, 1.82) is 0 Å². The molecule has 0 heterocycles. The third kappa shape index (κ3) is 5.14. The van der Waals surface area contributed by atoms with Crippen molar-refractivity contribution in [3.8, 4) is 0 Å². The first-order valence-electron chi connectivity index (χ1n) is 4.89. The van der Waals surface area contributed by atoms with Crippen molar-refractivity contribution in [3.63, 3.8) is 0 Å².